The molecule has 2 N–H and O–H groups in total. The van der Waals surface area contributed by atoms with Gasteiger partial charge in [0.2, 0.25) is 11.8 Å². The van der Waals surface area contributed by atoms with Crippen LogP contribution < -0.4 is 10.6 Å². The van der Waals surface area contributed by atoms with Crippen LogP contribution in [0.4, 0.5) is 5.69 Å². The van der Waals surface area contributed by atoms with Crippen molar-refractivity contribution in [3.05, 3.63) is 29.8 Å². The molecule has 0 radical (unpaired) electrons. The Morgan fingerprint density at radius 2 is 1.79 bits per heavy atom. The van der Waals surface area contributed by atoms with Crippen molar-refractivity contribution in [3.8, 4) is 0 Å². The topological polar surface area (TPSA) is 78.5 Å². The molecule has 6 heteroatoms. The average molecular weight is 331 g/mol. The second kappa shape index (κ2) is 7.47. The Morgan fingerprint density at radius 3 is 2.42 bits per heavy atom. The molecule has 0 atom stereocenters. The number of likely N-dealkylation sites (tertiary alicyclic amines) is 1. The standard InChI is InChI=1S/C18H25N3O3/c1-18(2,3)17(24)20-14-8-6-7-13(11-14)16(23)19-12-15(22)21-9-4-5-10-21/h6-8,11H,4-5,9-10,12H2,1-3H3,(H,19,23)(H,20,24). The van der Waals surface area contributed by atoms with E-state index in [1.807, 2.05) is 20.8 Å². The lowest BCUT2D eigenvalue weighted by molar-refractivity contribution is -0.129. The molecule has 1 saturated heterocycles. The van der Waals surface area contributed by atoms with E-state index in [0.717, 1.165) is 25.9 Å². The highest BCUT2D eigenvalue weighted by Crippen LogP contribution is 2.18. The third-order valence-electron chi connectivity index (χ3n) is 3.92. The van der Waals surface area contributed by atoms with Crippen molar-refractivity contribution in [2.75, 3.05) is 25.0 Å². The van der Waals surface area contributed by atoms with Crippen molar-refractivity contribution in [2.24, 2.45) is 5.41 Å². The first-order valence-corrected chi connectivity index (χ1v) is 8.25. The van der Waals surface area contributed by atoms with Crippen LogP contribution in [0, 0.1) is 5.41 Å². The normalized spacial score (nSPS) is 14.4. The molecule has 1 aromatic carbocycles. The zero-order chi connectivity index (χ0) is 17.7. The molecular weight excluding hydrogens is 306 g/mol. The van der Waals surface area contributed by atoms with E-state index >= 15 is 0 Å². The van der Waals surface area contributed by atoms with Crippen LogP contribution in [0.15, 0.2) is 24.3 Å². The van der Waals surface area contributed by atoms with Crippen molar-refractivity contribution >= 4 is 23.4 Å². The lowest BCUT2D eigenvalue weighted by atomic mass is 9.95. The number of hydrogen-bond donors (Lipinski definition) is 2. The lowest BCUT2D eigenvalue weighted by Crippen LogP contribution is -2.38. The summed E-state index contributed by atoms with van der Waals surface area (Å²) < 4.78 is 0. The van der Waals surface area contributed by atoms with Gasteiger partial charge in [0.1, 0.15) is 0 Å². The van der Waals surface area contributed by atoms with Gasteiger partial charge in [0.05, 0.1) is 6.54 Å². The molecule has 2 rings (SSSR count). The third-order valence-corrected chi connectivity index (χ3v) is 3.92. The minimum absolute atomic E-state index is 0.00257. The van der Waals surface area contributed by atoms with Crippen LogP contribution in [-0.2, 0) is 9.59 Å². The molecule has 1 aliphatic rings. The van der Waals surface area contributed by atoms with Gasteiger partial charge in [-0.1, -0.05) is 26.8 Å². The van der Waals surface area contributed by atoms with Crippen molar-refractivity contribution < 1.29 is 14.4 Å². The van der Waals surface area contributed by atoms with E-state index < -0.39 is 5.41 Å². The first kappa shape index (κ1) is 18.0. The van der Waals surface area contributed by atoms with Gasteiger partial charge >= 0.3 is 0 Å². The summed E-state index contributed by atoms with van der Waals surface area (Å²) in [5, 5.41) is 5.44. The predicted octanol–water partition coefficient (Wildman–Crippen LogP) is 2.02. The second-order valence-corrected chi connectivity index (χ2v) is 7.06. The van der Waals surface area contributed by atoms with Gasteiger partial charge in [-0.25, -0.2) is 0 Å². The van der Waals surface area contributed by atoms with Crippen molar-refractivity contribution in [3.63, 3.8) is 0 Å². The average Bonchev–Trinajstić information content (AvgIpc) is 3.06. The van der Waals surface area contributed by atoms with Crippen molar-refractivity contribution in [1.82, 2.24) is 10.2 Å². The molecule has 0 spiro atoms. The van der Waals surface area contributed by atoms with E-state index in [-0.39, 0.29) is 24.3 Å². The Kier molecular flexibility index (Phi) is 5.59. The number of carbonyl (C=O) groups excluding carboxylic acids is 3. The smallest absolute Gasteiger partial charge is 0.251 e. The molecule has 0 aromatic heterocycles. The first-order valence-electron chi connectivity index (χ1n) is 8.25. The Hall–Kier alpha value is -2.37. The number of nitrogens with one attached hydrogen (secondary N) is 2. The van der Waals surface area contributed by atoms with Gasteiger partial charge in [0, 0.05) is 29.8 Å². The monoisotopic (exact) mass is 331 g/mol. The Labute approximate surface area is 142 Å². The summed E-state index contributed by atoms with van der Waals surface area (Å²) in [5.41, 5.74) is 0.463. The maximum absolute atomic E-state index is 12.2. The van der Waals surface area contributed by atoms with Crippen molar-refractivity contribution in [2.45, 2.75) is 33.6 Å². The second-order valence-electron chi connectivity index (χ2n) is 7.06. The van der Waals surface area contributed by atoms with Crippen LogP contribution in [0.25, 0.3) is 0 Å². The largest absolute Gasteiger partial charge is 0.343 e. The van der Waals surface area contributed by atoms with Gasteiger partial charge in [0.25, 0.3) is 5.91 Å². The Morgan fingerprint density at radius 1 is 1.12 bits per heavy atom. The SMILES string of the molecule is CC(C)(C)C(=O)Nc1cccc(C(=O)NCC(=O)N2CCCC2)c1. The molecule has 1 aromatic rings. The fourth-order valence-corrected chi connectivity index (χ4v) is 2.39. The number of rotatable bonds is 4. The minimum atomic E-state index is -0.513. The van der Waals surface area contributed by atoms with E-state index in [2.05, 4.69) is 10.6 Å². The zero-order valence-corrected chi connectivity index (χ0v) is 14.5. The summed E-state index contributed by atoms with van der Waals surface area (Å²) in [6, 6.07) is 6.70. The van der Waals surface area contributed by atoms with Crippen LogP contribution in [-0.4, -0.2) is 42.3 Å². The van der Waals surface area contributed by atoms with Gasteiger partial charge in [-0.05, 0) is 31.0 Å². The van der Waals surface area contributed by atoms with Crippen LogP contribution >= 0.6 is 0 Å². The van der Waals surface area contributed by atoms with E-state index in [4.69, 9.17) is 0 Å². The predicted molar refractivity (Wildman–Crippen MR) is 92.7 cm³/mol. The molecule has 1 fully saturated rings. The number of carbonyl (C=O) groups is 3. The van der Waals surface area contributed by atoms with Crippen LogP contribution in [0.3, 0.4) is 0 Å². The summed E-state index contributed by atoms with van der Waals surface area (Å²) in [7, 11) is 0. The number of nitrogens with zero attached hydrogens (tertiary/aromatic N) is 1. The zero-order valence-electron chi connectivity index (χ0n) is 14.5. The molecular formula is C18H25N3O3. The molecule has 1 heterocycles. The van der Waals surface area contributed by atoms with Gasteiger partial charge in [-0.15, -0.1) is 0 Å². The van der Waals surface area contributed by atoms with E-state index in [9.17, 15) is 14.4 Å². The van der Waals surface area contributed by atoms with Crippen LogP contribution in [0.2, 0.25) is 0 Å². The maximum atomic E-state index is 12.2. The van der Waals surface area contributed by atoms with E-state index in [1.54, 1.807) is 29.2 Å². The Balaban J connectivity index is 1.93. The van der Waals surface area contributed by atoms with Crippen molar-refractivity contribution in [1.29, 1.82) is 0 Å². The summed E-state index contributed by atoms with van der Waals surface area (Å²) in [4.78, 5) is 37.9. The highest BCUT2D eigenvalue weighted by atomic mass is 16.2. The fourth-order valence-electron chi connectivity index (χ4n) is 2.39. The minimum Gasteiger partial charge on any atom is -0.343 e. The first-order chi connectivity index (χ1) is 11.3. The number of amides is 3. The molecule has 0 saturated carbocycles. The van der Waals surface area contributed by atoms with Gasteiger partial charge in [-0.3, -0.25) is 14.4 Å². The maximum Gasteiger partial charge on any atom is 0.251 e. The van der Waals surface area contributed by atoms with Crippen LogP contribution in [0.5, 0.6) is 0 Å². The molecule has 3 amide bonds. The summed E-state index contributed by atoms with van der Waals surface area (Å²) >= 11 is 0. The number of benzene rings is 1. The summed E-state index contributed by atoms with van der Waals surface area (Å²) in [5.74, 6) is -0.503. The number of hydrogen-bond acceptors (Lipinski definition) is 3. The molecule has 130 valence electrons. The van der Waals surface area contributed by atoms with E-state index in [0.29, 0.717) is 11.3 Å². The van der Waals surface area contributed by atoms with Gasteiger partial charge < -0.3 is 15.5 Å². The highest BCUT2D eigenvalue weighted by molar-refractivity contribution is 5.99. The molecule has 6 nitrogen and oxygen atoms in total. The fraction of sp³-hybridized carbons (Fsp3) is 0.500. The summed E-state index contributed by atoms with van der Waals surface area (Å²) in [6.45, 7) is 7.00. The van der Waals surface area contributed by atoms with Gasteiger partial charge in [0.15, 0.2) is 0 Å². The third kappa shape index (κ3) is 4.81. The van der Waals surface area contributed by atoms with E-state index in [1.165, 1.54) is 0 Å². The number of anilines is 1. The molecule has 24 heavy (non-hydrogen) atoms. The molecule has 0 aliphatic carbocycles. The molecule has 0 unspecified atom stereocenters. The quantitative estimate of drug-likeness (QED) is 0.886. The molecule has 0 bridgehead atoms. The van der Waals surface area contributed by atoms with Gasteiger partial charge in [-0.2, -0.15) is 0 Å². The lowest BCUT2D eigenvalue weighted by Gasteiger charge is -2.18. The Bertz CT molecular complexity index is 629. The summed E-state index contributed by atoms with van der Waals surface area (Å²) in [6.07, 6.45) is 2.05. The highest BCUT2D eigenvalue weighted by Gasteiger charge is 2.22. The van der Waals surface area contributed by atoms with Crippen LogP contribution in [0.1, 0.15) is 44.0 Å². The molecule has 1 aliphatic heterocycles.